The first-order chi connectivity index (χ1) is 8.95. The lowest BCUT2D eigenvalue weighted by atomic mass is 10.2. The average molecular weight is 302 g/mol. The van der Waals surface area contributed by atoms with Crippen LogP contribution < -0.4 is 4.74 Å². The summed E-state index contributed by atoms with van der Waals surface area (Å²) in [6.45, 7) is 0. The highest BCUT2D eigenvalue weighted by molar-refractivity contribution is 6.34. The van der Waals surface area contributed by atoms with Gasteiger partial charge in [0, 0.05) is 10.0 Å². The normalized spacial score (nSPS) is 10.3. The quantitative estimate of drug-likeness (QED) is 0.930. The van der Waals surface area contributed by atoms with Crippen molar-refractivity contribution >= 4 is 29.2 Å². The van der Waals surface area contributed by atoms with E-state index in [1.807, 2.05) is 0 Å². The van der Waals surface area contributed by atoms with Gasteiger partial charge in [0.05, 0.1) is 6.20 Å². The minimum absolute atomic E-state index is 0.208. The van der Waals surface area contributed by atoms with Crippen molar-refractivity contribution in [2.24, 2.45) is 0 Å². The van der Waals surface area contributed by atoms with Crippen molar-refractivity contribution in [3.63, 3.8) is 0 Å². The minimum Gasteiger partial charge on any atom is -0.477 e. The Labute approximate surface area is 117 Å². The molecule has 0 fully saturated rings. The summed E-state index contributed by atoms with van der Waals surface area (Å²) in [5, 5.41) is 9.58. The van der Waals surface area contributed by atoms with Gasteiger partial charge in [-0.25, -0.2) is 14.2 Å². The first-order valence-corrected chi connectivity index (χ1v) is 5.74. The Hall–Kier alpha value is -1.85. The molecule has 0 amide bonds. The van der Waals surface area contributed by atoms with Gasteiger partial charge in [-0.1, -0.05) is 23.2 Å². The van der Waals surface area contributed by atoms with E-state index in [2.05, 4.69) is 4.98 Å². The van der Waals surface area contributed by atoms with Crippen LogP contribution >= 0.6 is 23.2 Å². The first-order valence-electron chi connectivity index (χ1n) is 4.98. The van der Waals surface area contributed by atoms with E-state index in [4.69, 9.17) is 33.0 Å². The molecule has 2 rings (SSSR count). The number of carboxylic acids is 1. The lowest BCUT2D eigenvalue weighted by Gasteiger charge is -2.08. The smallest absolute Gasteiger partial charge is 0.341 e. The number of carbonyl (C=O) groups is 1. The fraction of sp³-hybridized carbons (Fsp3) is 0. The van der Waals surface area contributed by atoms with Crippen LogP contribution in [0.25, 0.3) is 0 Å². The summed E-state index contributed by atoms with van der Waals surface area (Å²) in [6.07, 6.45) is 0.855. The number of benzene rings is 1. The number of nitrogens with zero attached hydrogens (tertiary/aromatic N) is 1. The standard InChI is InChI=1S/C12H6Cl2FNO3/c13-6-1-7(14)3-9(2-6)19-11-10(12(17)18)4-8(15)5-16-11/h1-5H,(H,17,18). The van der Waals surface area contributed by atoms with Crippen LogP contribution in [0.5, 0.6) is 11.6 Å². The van der Waals surface area contributed by atoms with Crippen molar-refractivity contribution in [3.05, 3.63) is 51.9 Å². The second-order valence-corrected chi connectivity index (χ2v) is 4.39. The van der Waals surface area contributed by atoms with Gasteiger partial charge >= 0.3 is 5.97 Å². The van der Waals surface area contributed by atoms with Gasteiger partial charge in [-0.15, -0.1) is 0 Å². The van der Waals surface area contributed by atoms with E-state index in [-0.39, 0.29) is 11.6 Å². The number of aromatic nitrogens is 1. The van der Waals surface area contributed by atoms with Crippen LogP contribution in [0.15, 0.2) is 30.5 Å². The second-order valence-electron chi connectivity index (χ2n) is 3.52. The molecule has 0 aliphatic rings. The SMILES string of the molecule is O=C(O)c1cc(F)cnc1Oc1cc(Cl)cc(Cl)c1. The lowest BCUT2D eigenvalue weighted by molar-refractivity contribution is 0.0692. The van der Waals surface area contributed by atoms with Crippen LogP contribution in [0, 0.1) is 5.82 Å². The molecule has 98 valence electrons. The third kappa shape index (κ3) is 3.33. The van der Waals surface area contributed by atoms with Crippen LogP contribution in [-0.2, 0) is 0 Å². The van der Waals surface area contributed by atoms with Crippen LogP contribution in [-0.4, -0.2) is 16.1 Å². The Morgan fingerprint density at radius 3 is 2.42 bits per heavy atom. The number of halogens is 3. The molecule has 4 nitrogen and oxygen atoms in total. The van der Waals surface area contributed by atoms with Crippen molar-refractivity contribution in [2.45, 2.75) is 0 Å². The second kappa shape index (κ2) is 5.42. The van der Waals surface area contributed by atoms with E-state index < -0.39 is 17.3 Å². The largest absolute Gasteiger partial charge is 0.477 e. The Morgan fingerprint density at radius 1 is 1.21 bits per heavy atom. The van der Waals surface area contributed by atoms with E-state index in [0.717, 1.165) is 12.3 Å². The molecule has 7 heteroatoms. The van der Waals surface area contributed by atoms with Gasteiger partial charge in [0.1, 0.15) is 17.1 Å². The zero-order valence-corrected chi connectivity index (χ0v) is 10.7. The van der Waals surface area contributed by atoms with Crippen molar-refractivity contribution in [2.75, 3.05) is 0 Å². The van der Waals surface area contributed by atoms with Gasteiger partial charge in [0.25, 0.3) is 0 Å². The summed E-state index contributed by atoms with van der Waals surface area (Å²) in [7, 11) is 0. The molecule has 0 bridgehead atoms. The molecule has 0 radical (unpaired) electrons. The Balaban J connectivity index is 2.40. The molecule has 0 aliphatic heterocycles. The highest BCUT2D eigenvalue weighted by Crippen LogP contribution is 2.29. The van der Waals surface area contributed by atoms with E-state index in [1.165, 1.54) is 18.2 Å². The van der Waals surface area contributed by atoms with E-state index in [0.29, 0.717) is 10.0 Å². The number of carboxylic acid groups (broad SMARTS) is 1. The zero-order chi connectivity index (χ0) is 14.0. The molecular weight excluding hydrogens is 296 g/mol. The predicted octanol–water partition coefficient (Wildman–Crippen LogP) is 4.02. The van der Waals surface area contributed by atoms with Crippen molar-refractivity contribution < 1.29 is 19.0 Å². The first kappa shape index (κ1) is 13.6. The number of aromatic carboxylic acids is 1. The molecule has 0 saturated carbocycles. The minimum atomic E-state index is -1.35. The maximum Gasteiger partial charge on any atom is 0.341 e. The summed E-state index contributed by atoms with van der Waals surface area (Å²) in [5.41, 5.74) is -0.393. The van der Waals surface area contributed by atoms with Gasteiger partial charge in [-0.2, -0.15) is 0 Å². The molecule has 1 N–H and O–H groups in total. The molecule has 0 atom stereocenters. The van der Waals surface area contributed by atoms with Gasteiger partial charge < -0.3 is 9.84 Å². The molecule has 2 aromatic rings. The maximum absolute atomic E-state index is 13.0. The number of rotatable bonds is 3. The maximum atomic E-state index is 13.0. The van der Waals surface area contributed by atoms with E-state index in [9.17, 15) is 9.18 Å². The van der Waals surface area contributed by atoms with Crippen LogP contribution in [0.3, 0.4) is 0 Å². The summed E-state index contributed by atoms with van der Waals surface area (Å²) in [5.74, 6) is -2.16. The number of hydrogen-bond donors (Lipinski definition) is 1. The summed E-state index contributed by atoms with van der Waals surface area (Å²) < 4.78 is 18.2. The van der Waals surface area contributed by atoms with E-state index >= 15 is 0 Å². The molecule has 1 heterocycles. The fourth-order valence-electron chi connectivity index (χ4n) is 1.36. The summed E-state index contributed by atoms with van der Waals surface area (Å²) in [6, 6.07) is 5.18. The monoisotopic (exact) mass is 301 g/mol. The molecule has 1 aromatic heterocycles. The zero-order valence-electron chi connectivity index (χ0n) is 9.23. The molecule has 1 aromatic carbocycles. The third-order valence-electron chi connectivity index (χ3n) is 2.10. The Morgan fingerprint density at radius 2 is 1.84 bits per heavy atom. The van der Waals surface area contributed by atoms with Gasteiger partial charge in [-0.3, -0.25) is 0 Å². The third-order valence-corrected chi connectivity index (χ3v) is 2.54. The van der Waals surface area contributed by atoms with Gasteiger partial charge in [0.15, 0.2) is 0 Å². The predicted molar refractivity (Wildman–Crippen MR) is 67.7 cm³/mol. The topological polar surface area (TPSA) is 59.4 Å². The van der Waals surface area contributed by atoms with Gasteiger partial charge in [-0.05, 0) is 24.3 Å². The molecule has 19 heavy (non-hydrogen) atoms. The molecule has 0 aliphatic carbocycles. The number of hydrogen-bond acceptors (Lipinski definition) is 3. The van der Waals surface area contributed by atoms with Crippen LogP contribution in [0.2, 0.25) is 10.0 Å². The average Bonchev–Trinajstić information content (AvgIpc) is 2.30. The number of ether oxygens (including phenoxy) is 1. The van der Waals surface area contributed by atoms with Crippen molar-refractivity contribution in [1.82, 2.24) is 4.98 Å². The van der Waals surface area contributed by atoms with Crippen molar-refractivity contribution in [3.8, 4) is 11.6 Å². The Kier molecular flexibility index (Phi) is 3.87. The molecular formula is C12H6Cl2FNO3. The highest BCUT2D eigenvalue weighted by Gasteiger charge is 2.15. The summed E-state index contributed by atoms with van der Waals surface area (Å²) in [4.78, 5) is 14.5. The van der Waals surface area contributed by atoms with E-state index in [1.54, 1.807) is 0 Å². The lowest BCUT2D eigenvalue weighted by Crippen LogP contribution is -2.03. The highest BCUT2D eigenvalue weighted by atomic mass is 35.5. The Bertz CT molecular complexity index is 629. The van der Waals surface area contributed by atoms with Gasteiger partial charge in [0.2, 0.25) is 5.88 Å². The fourth-order valence-corrected chi connectivity index (χ4v) is 1.87. The van der Waals surface area contributed by atoms with Crippen LogP contribution in [0.1, 0.15) is 10.4 Å². The molecule has 0 unspecified atom stereocenters. The molecule has 0 saturated heterocycles. The number of pyridine rings is 1. The van der Waals surface area contributed by atoms with Crippen LogP contribution in [0.4, 0.5) is 4.39 Å². The summed E-state index contributed by atoms with van der Waals surface area (Å²) >= 11 is 11.6. The van der Waals surface area contributed by atoms with Crippen molar-refractivity contribution in [1.29, 1.82) is 0 Å². The molecule has 0 spiro atoms.